The maximum absolute atomic E-state index is 12.9. The number of rotatable bonds is 7. The van der Waals surface area contributed by atoms with Crippen LogP contribution in [0, 0.1) is 12.8 Å². The van der Waals surface area contributed by atoms with Gasteiger partial charge in [-0.1, -0.05) is 37.8 Å². The highest BCUT2D eigenvalue weighted by Crippen LogP contribution is 2.33. The first-order valence-corrected chi connectivity index (χ1v) is 11.6. The average Bonchev–Trinajstić information content (AvgIpc) is 3.50. The predicted molar refractivity (Wildman–Crippen MR) is 123 cm³/mol. The number of carbonyl (C=O) groups is 2. The van der Waals surface area contributed by atoms with Crippen molar-refractivity contribution in [2.45, 2.75) is 64.3 Å². The van der Waals surface area contributed by atoms with Gasteiger partial charge < -0.3 is 15.0 Å². The summed E-state index contributed by atoms with van der Waals surface area (Å²) in [6, 6.07) is 7.16. The molecule has 32 heavy (non-hydrogen) atoms. The molecule has 1 aliphatic carbocycles. The van der Waals surface area contributed by atoms with Crippen molar-refractivity contribution < 1.29 is 14.3 Å². The number of para-hydroxylation sites is 2. The molecule has 4 rings (SSSR count). The third kappa shape index (κ3) is 4.92. The van der Waals surface area contributed by atoms with Crippen LogP contribution in [-0.2, 0) is 4.79 Å². The van der Waals surface area contributed by atoms with Gasteiger partial charge in [0.05, 0.1) is 30.1 Å². The standard InChI is InChI=1S/C25H32N4O3/c1-17-19(25(31)28-20-10-5-6-12-22(20)32-2)16-26-24(27-17)21-11-7-15-29(21)23(30)14-13-18-8-3-4-9-18/h5-6,10,12,16,18,21H,3-4,7-9,11,13-15H2,1-2H3,(H,28,31)/t21-/m1/s1. The number of anilines is 1. The lowest BCUT2D eigenvalue weighted by Gasteiger charge is -2.24. The first-order valence-electron chi connectivity index (χ1n) is 11.6. The maximum atomic E-state index is 12.9. The molecule has 2 aliphatic rings. The molecule has 0 unspecified atom stereocenters. The van der Waals surface area contributed by atoms with E-state index < -0.39 is 0 Å². The van der Waals surface area contributed by atoms with Gasteiger partial charge in [0.2, 0.25) is 5.91 Å². The number of nitrogens with zero attached hydrogens (tertiary/aromatic N) is 3. The zero-order valence-corrected chi connectivity index (χ0v) is 19.0. The first-order chi connectivity index (χ1) is 15.6. The number of amides is 2. The molecule has 1 saturated carbocycles. The Labute approximate surface area is 189 Å². The number of nitrogens with one attached hydrogen (secondary N) is 1. The summed E-state index contributed by atoms with van der Waals surface area (Å²) in [5.74, 6) is 1.85. The van der Waals surface area contributed by atoms with E-state index in [0.717, 1.165) is 25.8 Å². The Morgan fingerprint density at radius 2 is 1.94 bits per heavy atom. The SMILES string of the molecule is COc1ccccc1NC(=O)c1cnc([C@H]2CCCN2C(=O)CCC2CCCC2)nc1C. The van der Waals surface area contributed by atoms with Gasteiger partial charge in [0, 0.05) is 19.2 Å². The summed E-state index contributed by atoms with van der Waals surface area (Å²) in [7, 11) is 1.57. The Morgan fingerprint density at radius 1 is 1.16 bits per heavy atom. The van der Waals surface area contributed by atoms with Crippen LogP contribution in [0.25, 0.3) is 0 Å². The average molecular weight is 437 g/mol. The molecule has 1 saturated heterocycles. The van der Waals surface area contributed by atoms with Crippen molar-refractivity contribution in [1.82, 2.24) is 14.9 Å². The quantitative estimate of drug-likeness (QED) is 0.681. The van der Waals surface area contributed by atoms with Gasteiger partial charge in [0.25, 0.3) is 5.91 Å². The van der Waals surface area contributed by atoms with E-state index in [-0.39, 0.29) is 17.9 Å². The lowest BCUT2D eigenvalue weighted by molar-refractivity contribution is -0.132. The molecular weight excluding hydrogens is 404 g/mol. The zero-order chi connectivity index (χ0) is 22.5. The highest BCUT2D eigenvalue weighted by Gasteiger charge is 2.32. The summed E-state index contributed by atoms with van der Waals surface area (Å²) in [6.45, 7) is 2.57. The molecule has 2 fully saturated rings. The largest absolute Gasteiger partial charge is 0.495 e. The Bertz CT molecular complexity index is 971. The summed E-state index contributed by atoms with van der Waals surface area (Å²) < 4.78 is 5.30. The molecule has 1 aliphatic heterocycles. The zero-order valence-electron chi connectivity index (χ0n) is 19.0. The van der Waals surface area contributed by atoms with E-state index in [4.69, 9.17) is 4.74 Å². The summed E-state index contributed by atoms with van der Waals surface area (Å²) in [5, 5.41) is 2.87. The molecule has 1 atom stereocenters. The monoisotopic (exact) mass is 436 g/mol. The van der Waals surface area contributed by atoms with Crippen molar-refractivity contribution >= 4 is 17.5 Å². The topological polar surface area (TPSA) is 84.4 Å². The molecular formula is C25H32N4O3. The van der Waals surface area contributed by atoms with E-state index >= 15 is 0 Å². The van der Waals surface area contributed by atoms with Crippen LogP contribution < -0.4 is 10.1 Å². The molecule has 1 aromatic carbocycles. The molecule has 0 spiro atoms. The van der Waals surface area contributed by atoms with E-state index in [1.807, 2.05) is 24.0 Å². The molecule has 7 heteroatoms. The van der Waals surface area contributed by atoms with Gasteiger partial charge in [0.1, 0.15) is 5.75 Å². The predicted octanol–water partition coefficient (Wildman–Crippen LogP) is 4.68. The third-order valence-electron chi connectivity index (χ3n) is 6.71. The summed E-state index contributed by atoms with van der Waals surface area (Å²) in [4.78, 5) is 36.8. The van der Waals surface area contributed by atoms with E-state index in [2.05, 4.69) is 15.3 Å². The van der Waals surface area contributed by atoms with Crippen molar-refractivity contribution in [2.75, 3.05) is 19.0 Å². The molecule has 7 nitrogen and oxygen atoms in total. The Hall–Kier alpha value is -2.96. The number of hydrogen-bond donors (Lipinski definition) is 1. The van der Waals surface area contributed by atoms with Crippen LogP contribution in [-0.4, -0.2) is 40.3 Å². The smallest absolute Gasteiger partial charge is 0.259 e. The number of hydrogen-bond acceptors (Lipinski definition) is 5. The summed E-state index contributed by atoms with van der Waals surface area (Å²) in [5.41, 5.74) is 1.61. The number of benzene rings is 1. The fourth-order valence-electron chi connectivity index (χ4n) is 4.91. The molecule has 1 N–H and O–H groups in total. The second-order valence-corrected chi connectivity index (χ2v) is 8.82. The van der Waals surface area contributed by atoms with Crippen molar-refractivity contribution in [3.05, 3.63) is 47.5 Å². The van der Waals surface area contributed by atoms with Crippen LogP contribution >= 0.6 is 0 Å². The fourth-order valence-corrected chi connectivity index (χ4v) is 4.91. The number of aromatic nitrogens is 2. The van der Waals surface area contributed by atoms with Crippen LogP contribution in [0.5, 0.6) is 5.75 Å². The van der Waals surface area contributed by atoms with Crippen molar-refractivity contribution in [3.8, 4) is 5.75 Å². The summed E-state index contributed by atoms with van der Waals surface area (Å²) in [6.07, 6.45) is 10.1. The van der Waals surface area contributed by atoms with Gasteiger partial charge >= 0.3 is 0 Å². The molecule has 170 valence electrons. The third-order valence-corrected chi connectivity index (χ3v) is 6.71. The number of ether oxygens (including phenoxy) is 1. The van der Waals surface area contributed by atoms with E-state index in [1.54, 1.807) is 25.4 Å². The number of methoxy groups -OCH3 is 1. The van der Waals surface area contributed by atoms with E-state index in [9.17, 15) is 9.59 Å². The van der Waals surface area contributed by atoms with Gasteiger partial charge in [0.15, 0.2) is 5.82 Å². The van der Waals surface area contributed by atoms with Crippen LogP contribution in [0.4, 0.5) is 5.69 Å². The van der Waals surface area contributed by atoms with Crippen molar-refractivity contribution in [2.24, 2.45) is 5.92 Å². The first kappa shape index (κ1) is 22.2. The normalized spacial score (nSPS) is 18.7. The minimum atomic E-state index is -0.283. The van der Waals surface area contributed by atoms with Crippen LogP contribution in [0.1, 0.15) is 79.3 Å². The second kappa shape index (κ2) is 10.1. The highest BCUT2D eigenvalue weighted by atomic mass is 16.5. The minimum Gasteiger partial charge on any atom is -0.495 e. The number of carbonyl (C=O) groups excluding carboxylic acids is 2. The van der Waals surface area contributed by atoms with Crippen molar-refractivity contribution in [3.63, 3.8) is 0 Å². The summed E-state index contributed by atoms with van der Waals surface area (Å²) >= 11 is 0. The Morgan fingerprint density at radius 3 is 2.69 bits per heavy atom. The lowest BCUT2D eigenvalue weighted by atomic mass is 10.0. The van der Waals surface area contributed by atoms with Crippen LogP contribution in [0.15, 0.2) is 30.5 Å². The molecule has 0 radical (unpaired) electrons. The molecule has 2 amide bonds. The second-order valence-electron chi connectivity index (χ2n) is 8.82. The van der Waals surface area contributed by atoms with Gasteiger partial charge in [-0.25, -0.2) is 9.97 Å². The molecule has 2 heterocycles. The fraction of sp³-hybridized carbons (Fsp3) is 0.520. The van der Waals surface area contributed by atoms with Gasteiger partial charge in [-0.3, -0.25) is 9.59 Å². The molecule has 1 aromatic heterocycles. The highest BCUT2D eigenvalue weighted by molar-refractivity contribution is 6.05. The van der Waals surface area contributed by atoms with E-state index in [0.29, 0.717) is 40.9 Å². The number of aryl methyl sites for hydroxylation is 1. The lowest BCUT2D eigenvalue weighted by Crippen LogP contribution is -2.32. The van der Waals surface area contributed by atoms with Crippen molar-refractivity contribution in [1.29, 1.82) is 0 Å². The Balaban J connectivity index is 1.43. The minimum absolute atomic E-state index is 0.101. The molecule has 2 aromatic rings. The van der Waals surface area contributed by atoms with Gasteiger partial charge in [-0.05, 0) is 44.2 Å². The van der Waals surface area contributed by atoms with E-state index in [1.165, 1.54) is 25.7 Å². The van der Waals surface area contributed by atoms with Gasteiger partial charge in [-0.2, -0.15) is 0 Å². The van der Waals surface area contributed by atoms with Gasteiger partial charge in [-0.15, -0.1) is 0 Å². The van der Waals surface area contributed by atoms with Crippen LogP contribution in [0.3, 0.4) is 0 Å². The van der Waals surface area contributed by atoms with Crippen LogP contribution in [0.2, 0.25) is 0 Å². The maximum Gasteiger partial charge on any atom is 0.259 e. The Kier molecular flexibility index (Phi) is 7.02. The molecule has 0 bridgehead atoms. The number of likely N-dealkylation sites (tertiary alicyclic amines) is 1.